The van der Waals surface area contributed by atoms with Crippen LogP contribution >= 0.6 is 0 Å². The normalized spacial score (nSPS) is 18.1. The van der Waals surface area contributed by atoms with Gasteiger partial charge >= 0.3 is 19.2 Å². The van der Waals surface area contributed by atoms with Gasteiger partial charge in [0, 0.05) is 13.1 Å². The molecule has 0 spiro atoms. The number of unbranched alkanes of at least 4 members (excludes halogenated alkanes) is 1. The molecule has 1 aliphatic rings. The number of amides is 1. The molecule has 1 amide bonds. The number of carbonyl (C=O) groups is 2. The first-order valence-electron chi connectivity index (χ1n) is 14.4. The lowest BCUT2D eigenvalue weighted by Crippen LogP contribution is -2.57. The number of hydrogen-bond donors (Lipinski definition) is 1. The van der Waals surface area contributed by atoms with Crippen molar-refractivity contribution in [2.45, 2.75) is 123 Å². The molecule has 1 fully saturated rings. The average molecular weight is 547 g/mol. The number of nitrogens with one attached hydrogen (secondary N) is 1. The number of alkyl carbamates (subject to hydrolysis) is 1. The van der Waals surface area contributed by atoms with Gasteiger partial charge in [-0.3, -0.25) is 4.90 Å². The van der Waals surface area contributed by atoms with Crippen molar-refractivity contribution in [3.63, 3.8) is 0 Å². The number of carbonyl (C=O) groups excluding carboxylic acids is 2. The zero-order chi connectivity index (χ0) is 29.3. The summed E-state index contributed by atoms with van der Waals surface area (Å²) in [4.78, 5) is 28.7. The average Bonchev–Trinajstić information content (AvgIpc) is 3.04. The molecule has 1 aromatic rings. The Balaban J connectivity index is 2.17. The molecule has 8 nitrogen and oxygen atoms in total. The largest absolute Gasteiger partial charge is 0.464 e. The van der Waals surface area contributed by atoms with E-state index in [4.69, 9.17) is 18.8 Å². The molecular formula is C30H51BN2O6. The Hall–Kier alpha value is -2.10. The van der Waals surface area contributed by atoms with Gasteiger partial charge < -0.3 is 24.1 Å². The van der Waals surface area contributed by atoms with Crippen LogP contribution in [0, 0.1) is 0 Å². The van der Waals surface area contributed by atoms with Crippen molar-refractivity contribution in [2.24, 2.45) is 0 Å². The van der Waals surface area contributed by atoms with E-state index in [1.165, 1.54) is 5.56 Å². The molecule has 0 bridgehead atoms. The van der Waals surface area contributed by atoms with Crippen LogP contribution in [0.5, 0.6) is 0 Å². The summed E-state index contributed by atoms with van der Waals surface area (Å²) in [6.45, 7) is 19.9. The van der Waals surface area contributed by atoms with Crippen LogP contribution in [0.15, 0.2) is 30.3 Å². The zero-order valence-corrected chi connectivity index (χ0v) is 25.7. The summed E-state index contributed by atoms with van der Waals surface area (Å²) in [5.74, 6) is -0.428. The van der Waals surface area contributed by atoms with E-state index in [-0.39, 0.29) is 24.9 Å². The molecule has 1 atom stereocenters. The van der Waals surface area contributed by atoms with Gasteiger partial charge in [0.25, 0.3) is 0 Å². The van der Waals surface area contributed by atoms with Gasteiger partial charge in [-0.25, -0.2) is 9.59 Å². The monoisotopic (exact) mass is 546 g/mol. The van der Waals surface area contributed by atoms with E-state index in [0.29, 0.717) is 32.1 Å². The van der Waals surface area contributed by atoms with Gasteiger partial charge in [-0.2, -0.15) is 0 Å². The molecule has 220 valence electrons. The molecule has 0 aliphatic carbocycles. The third kappa shape index (κ3) is 10.1. The number of benzene rings is 1. The number of esters is 1. The number of rotatable bonds is 14. The van der Waals surface area contributed by atoms with Crippen molar-refractivity contribution in [3.05, 3.63) is 35.9 Å². The summed E-state index contributed by atoms with van der Waals surface area (Å²) in [5, 5.41) is 2.94. The lowest BCUT2D eigenvalue weighted by atomic mass is 9.80. The Kier molecular flexibility index (Phi) is 11.9. The van der Waals surface area contributed by atoms with Gasteiger partial charge in [0.2, 0.25) is 0 Å². The minimum absolute atomic E-state index is 0.228. The molecule has 1 aliphatic heterocycles. The Morgan fingerprint density at radius 1 is 0.974 bits per heavy atom. The van der Waals surface area contributed by atoms with Gasteiger partial charge in [0.1, 0.15) is 11.1 Å². The third-order valence-electron chi connectivity index (χ3n) is 7.55. The molecular weight excluding hydrogens is 495 g/mol. The van der Waals surface area contributed by atoms with E-state index < -0.39 is 23.2 Å². The first-order chi connectivity index (χ1) is 18.1. The van der Waals surface area contributed by atoms with Crippen LogP contribution < -0.4 is 5.32 Å². The minimum atomic E-state index is -1.21. The van der Waals surface area contributed by atoms with Gasteiger partial charge in [-0.15, -0.1) is 0 Å². The summed E-state index contributed by atoms with van der Waals surface area (Å²) in [7, 11) is -0.299. The number of ether oxygens (including phenoxy) is 2. The minimum Gasteiger partial charge on any atom is -0.464 e. The fraction of sp³-hybridized carbons (Fsp3) is 0.733. The summed E-state index contributed by atoms with van der Waals surface area (Å²) in [6.07, 6.45) is 2.37. The Morgan fingerprint density at radius 2 is 1.59 bits per heavy atom. The fourth-order valence-electron chi connectivity index (χ4n) is 4.63. The Labute approximate surface area is 236 Å². The van der Waals surface area contributed by atoms with E-state index in [1.54, 1.807) is 6.92 Å². The lowest BCUT2D eigenvalue weighted by Gasteiger charge is -2.35. The van der Waals surface area contributed by atoms with Gasteiger partial charge in [-0.05, 0) is 86.7 Å². The van der Waals surface area contributed by atoms with Crippen molar-refractivity contribution < 1.29 is 28.4 Å². The van der Waals surface area contributed by atoms with Crippen molar-refractivity contribution >= 4 is 19.2 Å². The molecule has 1 unspecified atom stereocenters. The molecule has 1 saturated heterocycles. The highest BCUT2D eigenvalue weighted by molar-refractivity contribution is 6.45. The molecule has 0 saturated carbocycles. The number of hydrogen-bond acceptors (Lipinski definition) is 7. The maximum absolute atomic E-state index is 13.5. The SMILES string of the molecule is CCOC(=O)C(CCCCB1OC(C)(C)C(C)(C)O1)(CCN(CC)Cc1ccccc1)NC(=O)OC(C)(C)C. The predicted molar refractivity (Wildman–Crippen MR) is 155 cm³/mol. The fourth-order valence-corrected chi connectivity index (χ4v) is 4.63. The summed E-state index contributed by atoms with van der Waals surface area (Å²) in [5.41, 5.74) is -1.47. The van der Waals surface area contributed by atoms with Crippen LogP contribution in [-0.4, -0.2) is 66.1 Å². The number of nitrogens with zero attached hydrogens (tertiary/aromatic N) is 1. The standard InChI is InChI=1S/C30H51BN2O6/c1-10-33(23-24-17-13-12-14-18-24)22-20-30(25(34)36-11-2,32-26(35)37-27(3,4)5)19-15-16-21-31-38-28(6,7)29(8,9)39-31/h12-14,17-18H,10-11,15-16,19-23H2,1-9H3,(H,32,35). The van der Waals surface area contributed by atoms with E-state index in [2.05, 4.69) is 29.3 Å². The highest BCUT2D eigenvalue weighted by Gasteiger charge is 2.50. The second-order valence-corrected chi connectivity index (χ2v) is 12.5. The smallest absolute Gasteiger partial charge is 0.457 e. The van der Waals surface area contributed by atoms with Crippen molar-refractivity contribution in [2.75, 3.05) is 19.7 Å². The van der Waals surface area contributed by atoms with Gasteiger partial charge in [-0.1, -0.05) is 50.1 Å². The van der Waals surface area contributed by atoms with Crippen molar-refractivity contribution in [3.8, 4) is 0 Å². The van der Waals surface area contributed by atoms with Gasteiger partial charge in [0.15, 0.2) is 0 Å². The molecule has 1 heterocycles. The van der Waals surface area contributed by atoms with Crippen LogP contribution in [0.2, 0.25) is 6.32 Å². The highest BCUT2D eigenvalue weighted by atomic mass is 16.7. The predicted octanol–water partition coefficient (Wildman–Crippen LogP) is 5.99. The van der Waals surface area contributed by atoms with Crippen molar-refractivity contribution in [1.29, 1.82) is 0 Å². The second-order valence-electron chi connectivity index (χ2n) is 12.5. The van der Waals surface area contributed by atoms with Crippen LogP contribution in [0.4, 0.5) is 4.79 Å². The first kappa shape index (κ1) is 33.1. The highest BCUT2D eigenvalue weighted by Crippen LogP contribution is 2.38. The van der Waals surface area contributed by atoms with Crippen LogP contribution in [0.3, 0.4) is 0 Å². The summed E-state index contributed by atoms with van der Waals surface area (Å²) < 4.78 is 23.4. The summed E-state index contributed by atoms with van der Waals surface area (Å²) in [6, 6.07) is 10.2. The lowest BCUT2D eigenvalue weighted by molar-refractivity contribution is -0.152. The van der Waals surface area contributed by atoms with Gasteiger partial charge in [0.05, 0.1) is 17.8 Å². The molecule has 1 aromatic carbocycles. The molecule has 2 rings (SSSR count). The third-order valence-corrected chi connectivity index (χ3v) is 7.55. The zero-order valence-electron chi connectivity index (χ0n) is 25.7. The molecule has 0 aromatic heterocycles. The van der Waals surface area contributed by atoms with E-state index >= 15 is 0 Å². The molecule has 1 N–H and O–H groups in total. The quantitative estimate of drug-likeness (QED) is 0.174. The topological polar surface area (TPSA) is 86.3 Å². The van der Waals surface area contributed by atoms with Crippen molar-refractivity contribution in [1.82, 2.24) is 10.2 Å². The molecule has 39 heavy (non-hydrogen) atoms. The van der Waals surface area contributed by atoms with Crippen LogP contribution in [-0.2, 0) is 30.1 Å². The molecule has 0 radical (unpaired) electrons. The second kappa shape index (κ2) is 14.0. The Bertz CT molecular complexity index is 902. The maximum atomic E-state index is 13.5. The molecule has 9 heteroatoms. The maximum Gasteiger partial charge on any atom is 0.457 e. The summed E-state index contributed by atoms with van der Waals surface area (Å²) >= 11 is 0. The van der Waals surface area contributed by atoms with Crippen LogP contribution in [0.25, 0.3) is 0 Å². The first-order valence-corrected chi connectivity index (χ1v) is 14.4. The van der Waals surface area contributed by atoms with E-state index in [9.17, 15) is 9.59 Å². The van der Waals surface area contributed by atoms with Crippen LogP contribution in [0.1, 0.15) is 93.6 Å². The Morgan fingerprint density at radius 3 is 2.13 bits per heavy atom. The van der Waals surface area contributed by atoms with E-state index in [0.717, 1.165) is 19.5 Å². The van der Waals surface area contributed by atoms with E-state index in [1.807, 2.05) is 66.7 Å².